The van der Waals surface area contributed by atoms with Gasteiger partial charge in [-0.1, -0.05) is 0 Å². The first kappa shape index (κ1) is 13.5. The summed E-state index contributed by atoms with van der Waals surface area (Å²) in [7, 11) is 0. The van der Waals surface area contributed by atoms with Crippen molar-refractivity contribution in [3.63, 3.8) is 0 Å². The molecule has 0 radical (unpaired) electrons. The maximum Gasteiger partial charge on any atom is 0.359 e. The van der Waals surface area contributed by atoms with Crippen LogP contribution in [0.2, 0.25) is 0 Å². The lowest BCUT2D eigenvalue weighted by Gasteiger charge is -2.10. The number of rotatable bonds is 2. The molecule has 1 aromatic carbocycles. The van der Waals surface area contributed by atoms with Gasteiger partial charge in [-0.25, -0.2) is 14.8 Å². The lowest BCUT2D eigenvalue weighted by molar-refractivity contribution is 0.0370. The van der Waals surface area contributed by atoms with Gasteiger partial charge in [-0.2, -0.15) is 0 Å². The van der Waals surface area contributed by atoms with Crippen LogP contribution >= 0.6 is 0 Å². The molecule has 0 aliphatic heterocycles. The van der Waals surface area contributed by atoms with Crippen LogP contribution in [0.4, 0.5) is 0 Å². The molecular weight excluding hydrogens is 240 g/mol. The standard InChI is InChI=1S/C15H18N2O2/c1-8(2)19-15(18)14-11(5)16-12-6-9(3)10(4)7-13(12)17-14/h6-8H,1-5H3. The van der Waals surface area contributed by atoms with E-state index in [9.17, 15) is 4.79 Å². The van der Waals surface area contributed by atoms with E-state index in [1.807, 2.05) is 39.8 Å². The van der Waals surface area contributed by atoms with Gasteiger partial charge in [0.2, 0.25) is 0 Å². The number of fused-ring (bicyclic) bond motifs is 1. The number of carbonyl (C=O) groups is 1. The zero-order valence-corrected chi connectivity index (χ0v) is 11.9. The van der Waals surface area contributed by atoms with Gasteiger partial charge in [0.25, 0.3) is 0 Å². The Morgan fingerprint density at radius 2 is 1.58 bits per heavy atom. The van der Waals surface area contributed by atoms with Crippen molar-refractivity contribution in [3.8, 4) is 0 Å². The second-order valence-electron chi connectivity index (χ2n) is 5.04. The van der Waals surface area contributed by atoms with Crippen LogP contribution in [-0.4, -0.2) is 22.0 Å². The summed E-state index contributed by atoms with van der Waals surface area (Å²) in [5, 5.41) is 0. The van der Waals surface area contributed by atoms with Gasteiger partial charge in [-0.15, -0.1) is 0 Å². The Bertz CT molecular complexity index is 648. The van der Waals surface area contributed by atoms with Gasteiger partial charge >= 0.3 is 5.97 Å². The molecule has 0 atom stereocenters. The topological polar surface area (TPSA) is 52.1 Å². The predicted octanol–water partition coefficient (Wildman–Crippen LogP) is 3.12. The zero-order valence-electron chi connectivity index (χ0n) is 11.9. The highest BCUT2D eigenvalue weighted by Gasteiger charge is 2.16. The van der Waals surface area contributed by atoms with E-state index in [-0.39, 0.29) is 6.10 Å². The Labute approximate surface area is 112 Å². The Morgan fingerprint density at radius 3 is 2.11 bits per heavy atom. The molecule has 0 saturated heterocycles. The number of ether oxygens (including phenoxy) is 1. The molecule has 2 rings (SSSR count). The molecule has 0 unspecified atom stereocenters. The van der Waals surface area contributed by atoms with Crippen molar-refractivity contribution in [2.75, 3.05) is 0 Å². The van der Waals surface area contributed by atoms with E-state index < -0.39 is 5.97 Å². The third-order valence-corrected chi connectivity index (χ3v) is 2.99. The first-order valence-electron chi connectivity index (χ1n) is 6.35. The van der Waals surface area contributed by atoms with Crippen LogP contribution in [0.25, 0.3) is 11.0 Å². The molecule has 0 spiro atoms. The summed E-state index contributed by atoms with van der Waals surface area (Å²) in [4.78, 5) is 20.8. The highest BCUT2D eigenvalue weighted by molar-refractivity contribution is 5.91. The summed E-state index contributed by atoms with van der Waals surface area (Å²) in [5.74, 6) is -0.417. The van der Waals surface area contributed by atoms with E-state index in [4.69, 9.17) is 4.74 Å². The average molecular weight is 258 g/mol. The van der Waals surface area contributed by atoms with Gasteiger partial charge in [0.15, 0.2) is 5.69 Å². The number of carbonyl (C=O) groups excluding carboxylic acids is 1. The number of hydrogen-bond acceptors (Lipinski definition) is 4. The van der Waals surface area contributed by atoms with Gasteiger partial charge in [0.1, 0.15) is 0 Å². The van der Waals surface area contributed by atoms with Crippen molar-refractivity contribution in [1.82, 2.24) is 9.97 Å². The Kier molecular flexibility index (Phi) is 3.51. The van der Waals surface area contributed by atoms with Crippen molar-refractivity contribution in [2.45, 2.75) is 40.7 Å². The average Bonchev–Trinajstić information content (AvgIpc) is 2.29. The predicted molar refractivity (Wildman–Crippen MR) is 74.3 cm³/mol. The molecule has 0 bridgehead atoms. The fourth-order valence-electron chi connectivity index (χ4n) is 1.86. The Morgan fingerprint density at radius 1 is 1.05 bits per heavy atom. The molecule has 1 heterocycles. The molecule has 0 amide bonds. The minimum Gasteiger partial charge on any atom is -0.458 e. The molecule has 0 N–H and O–H groups in total. The van der Waals surface area contributed by atoms with E-state index >= 15 is 0 Å². The third kappa shape index (κ3) is 2.72. The quantitative estimate of drug-likeness (QED) is 0.777. The molecule has 4 heteroatoms. The molecule has 4 nitrogen and oxygen atoms in total. The SMILES string of the molecule is Cc1cc2nc(C)c(C(=O)OC(C)C)nc2cc1C. The van der Waals surface area contributed by atoms with Crippen molar-refractivity contribution >= 4 is 17.0 Å². The van der Waals surface area contributed by atoms with Crippen molar-refractivity contribution in [2.24, 2.45) is 0 Å². The lowest BCUT2D eigenvalue weighted by Crippen LogP contribution is -2.15. The lowest BCUT2D eigenvalue weighted by atomic mass is 10.1. The highest BCUT2D eigenvalue weighted by Crippen LogP contribution is 2.18. The zero-order chi connectivity index (χ0) is 14.2. The minimum atomic E-state index is -0.417. The molecule has 0 fully saturated rings. The van der Waals surface area contributed by atoms with E-state index in [0.717, 1.165) is 16.6 Å². The van der Waals surface area contributed by atoms with Crippen LogP contribution in [0.5, 0.6) is 0 Å². The van der Waals surface area contributed by atoms with Crippen LogP contribution in [0.3, 0.4) is 0 Å². The van der Waals surface area contributed by atoms with Gasteiger partial charge in [-0.3, -0.25) is 0 Å². The first-order valence-corrected chi connectivity index (χ1v) is 6.35. The minimum absolute atomic E-state index is 0.163. The fourth-order valence-corrected chi connectivity index (χ4v) is 1.86. The summed E-state index contributed by atoms with van der Waals surface area (Å²) in [5.41, 5.74) is 4.73. The van der Waals surface area contributed by atoms with Crippen molar-refractivity contribution in [1.29, 1.82) is 0 Å². The van der Waals surface area contributed by atoms with Crippen LogP contribution < -0.4 is 0 Å². The van der Waals surface area contributed by atoms with Crippen LogP contribution in [0, 0.1) is 20.8 Å². The smallest absolute Gasteiger partial charge is 0.359 e. The van der Waals surface area contributed by atoms with Gasteiger partial charge in [0.05, 0.1) is 22.8 Å². The van der Waals surface area contributed by atoms with E-state index in [0.29, 0.717) is 11.4 Å². The Hall–Kier alpha value is -1.97. The first-order chi connectivity index (χ1) is 8.88. The number of nitrogens with zero attached hydrogens (tertiary/aromatic N) is 2. The van der Waals surface area contributed by atoms with Crippen LogP contribution in [0.15, 0.2) is 12.1 Å². The molecular formula is C15H18N2O2. The molecule has 0 saturated carbocycles. The maximum absolute atomic E-state index is 11.9. The van der Waals surface area contributed by atoms with Crippen molar-refractivity contribution < 1.29 is 9.53 Å². The number of esters is 1. The molecule has 0 aliphatic carbocycles. The van der Waals surface area contributed by atoms with E-state index in [2.05, 4.69) is 9.97 Å². The van der Waals surface area contributed by atoms with Gasteiger partial charge in [0, 0.05) is 0 Å². The second-order valence-corrected chi connectivity index (χ2v) is 5.04. The molecule has 100 valence electrons. The Balaban J connectivity index is 2.55. The van der Waals surface area contributed by atoms with E-state index in [1.165, 1.54) is 5.56 Å². The fraction of sp³-hybridized carbons (Fsp3) is 0.400. The summed E-state index contributed by atoms with van der Waals surface area (Å²) >= 11 is 0. The maximum atomic E-state index is 11.9. The monoisotopic (exact) mass is 258 g/mol. The number of aryl methyl sites for hydroxylation is 3. The number of hydrogen-bond donors (Lipinski definition) is 0. The third-order valence-electron chi connectivity index (χ3n) is 2.99. The largest absolute Gasteiger partial charge is 0.458 e. The number of aromatic nitrogens is 2. The van der Waals surface area contributed by atoms with Crippen LogP contribution in [0.1, 0.15) is 41.2 Å². The summed E-state index contributed by atoms with van der Waals surface area (Å²) in [6.45, 7) is 9.46. The van der Waals surface area contributed by atoms with Crippen LogP contribution in [-0.2, 0) is 4.74 Å². The number of benzene rings is 1. The highest BCUT2D eigenvalue weighted by atomic mass is 16.5. The summed E-state index contributed by atoms with van der Waals surface area (Å²) in [6, 6.07) is 3.94. The molecule has 0 aliphatic rings. The second kappa shape index (κ2) is 4.96. The summed E-state index contributed by atoms with van der Waals surface area (Å²) in [6.07, 6.45) is -0.163. The molecule has 2 aromatic rings. The van der Waals surface area contributed by atoms with Gasteiger partial charge < -0.3 is 4.74 Å². The molecule has 19 heavy (non-hydrogen) atoms. The van der Waals surface area contributed by atoms with Gasteiger partial charge in [-0.05, 0) is 57.9 Å². The van der Waals surface area contributed by atoms with E-state index in [1.54, 1.807) is 6.92 Å². The summed E-state index contributed by atoms with van der Waals surface area (Å²) < 4.78 is 5.18. The normalized spacial score (nSPS) is 11.1. The van der Waals surface area contributed by atoms with Crippen molar-refractivity contribution in [3.05, 3.63) is 34.6 Å². The molecule has 1 aromatic heterocycles.